The number of anilines is 2. The van der Waals surface area contributed by atoms with Gasteiger partial charge in [-0.25, -0.2) is 4.98 Å². The first-order valence-electron chi connectivity index (χ1n) is 4.85. The molecule has 0 radical (unpaired) electrons. The van der Waals surface area contributed by atoms with Gasteiger partial charge in [0.25, 0.3) is 0 Å². The summed E-state index contributed by atoms with van der Waals surface area (Å²) in [4.78, 5) is 7.75. The molecule has 0 saturated carbocycles. The molecule has 0 aliphatic rings. The van der Waals surface area contributed by atoms with E-state index >= 15 is 0 Å². The predicted octanol–water partition coefficient (Wildman–Crippen LogP) is 1.65. The molecule has 0 saturated heterocycles. The van der Waals surface area contributed by atoms with Crippen molar-refractivity contribution in [1.29, 1.82) is 5.26 Å². The molecule has 0 amide bonds. The Labute approximate surface area is 111 Å². The summed E-state index contributed by atoms with van der Waals surface area (Å²) in [5.41, 5.74) is 12.2. The summed E-state index contributed by atoms with van der Waals surface area (Å²) in [6.45, 7) is 0. The number of nitrogens with zero attached hydrogens (tertiary/aromatic N) is 3. The van der Waals surface area contributed by atoms with Gasteiger partial charge in [0.1, 0.15) is 23.2 Å². The molecule has 0 fully saturated rings. The maximum Gasteiger partial charge on any atom is 0.222 e. The molecule has 0 aliphatic heterocycles. The zero-order valence-electron chi connectivity index (χ0n) is 9.05. The molecule has 2 aromatic rings. The molecule has 6 nitrogen and oxygen atoms in total. The van der Waals surface area contributed by atoms with Crippen LogP contribution in [0.2, 0.25) is 0 Å². The fraction of sp³-hybridized carbons (Fsp3) is 0. The van der Waals surface area contributed by atoms with Crippen LogP contribution in [0.3, 0.4) is 0 Å². The number of phenolic OH excluding ortho intramolecular Hbond substituents is 1. The average molecular weight is 306 g/mol. The van der Waals surface area contributed by atoms with Crippen LogP contribution >= 0.6 is 15.9 Å². The van der Waals surface area contributed by atoms with Crippen LogP contribution in [-0.4, -0.2) is 15.1 Å². The highest BCUT2D eigenvalue weighted by molar-refractivity contribution is 9.10. The maximum atomic E-state index is 9.34. The second-order valence-electron chi connectivity index (χ2n) is 3.47. The summed E-state index contributed by atoms with van der Waals surface area (Å²) in [6.07, 6.45) is 0. The van der Waals surface area contributed by atoms with Crippen LogP contribution in [0.25, 0.3) is 11.3 Å². The van der Waals surface area contributed by atoms with Crippen molar-refractivity contribution < 1.29 is 5.11 Å². The fourth-order valence-electron chi connectivity index (χ4n) is 1.50. The number of halogens is 1. The third kappa shape index (κ3) is 2.06. The summed E-state index contributed by atoms with van der Waals surface area (Å²) in [5, 5.41) is 18.4. The highest BCUT2D eigenvalue weighted by atomic mass is 79.9. The second kappa shape index (κ2) is 4.50. The van der Waals surface area contributed by atoms with Crippen molar-refractivity contribution in [2.75, 3.05) is 11.5 Å². The number of phenols is 1. The zero-order valence-corrected chi connectivity index (χ0v) is 10.6. The van der Waals surface area contributed by atoms with Gasteiger partial charge in [0.2, 0.25) is 5.95 Å². The number of aromatic hydroxyl groups is 1. The second-order valence-corrected chi connectivity index (χ2v) is 4.32. The monoisotopic (exact) mass is 305 g/mol. The molecule has 18 heavy (non-hydrogen) atoms. The Kier molecular flexibility index (Phi) is 3.04. The molecule has 0 atom stereocenters. The summed E-state index contributed by atoms with van der Waals surface area (Å²) < 4.78 is 0.580. The van der Waals surface area contributed by atoms with E-state index in [4.69, 9.17) is 16.7 Å². The minimum atomic E-state index is -0.0125. The Morgan fingerprint density at radius 3 is 2.61 bits per heavy atom. The van der Waals surface area contributed by atoms with Crippen LogP contribution in [0.15, 0.2) is 22.7 Å². The van der Waals surface area contributed by atoms with Crippen LogP contribution < -0.4 is 11.5 Å². The molecule has 90 valence electrons. The largest absolute Gasteiger partial charge is 0.508 e. The fourth-order valence-corrected chi connectivity index (χ4v) is 2.05. The van der Waals surface area contributed by atoms with E-state index < -0.39 is 0 Å². The predicted molar refractivity (Wildman–Crippen MR) is 70.4 cm³/mol. The van der Waals surface area contributed by atoms with Gasteiger partial charge in [-0.15, -0.1) is 0 Å². The van der Waals surface area contributed by atoms with Gasteiger partial charge in [0, 0.05) is 10.0 Å². The first kappa shape index (κ1) is 12.1. The summed E-state index contributed by atoms with van der Waals surface area (Å²) in [7, 11) is 0. The van der Waals surface area contributed by atoms with E-state index in [1.165, 1.54) is 12.1 Å². The number of nitrogens with two attached hydrogens (primary N) is 2. The van der Waals surface area contributed by atoms with Crippen LogP contribution in [0, 0.1) is 11.3 Å². The van der Waals surface area contributed by atoms with Gasteiger partial charge in [-0.3, -0.25) is 0 Å². The lowest BCUT2D eigenvalue weighted by Gasteiger charge is -2.08. The Balaban J connectivity index is 2.75. The quantitative estimate of drug-likeness (QED) is 0.736. The molecule has 0 spiro atoms. The van der Waals surface area contributed by atoms with Crippen molar-refractivity contribution in [3.8, 4) is 23.1 Å². The van der Waals surface area contributed by atoms with Gasteiger partial charge in [-0.2, -0.15) is 10.2 Å². The molecular formula is C11H8BrN5O. The van der Waals surface area contributed by atoms with Crippen molar-refractivity contribution in [2.24, 2.45) is 0 Å². The third-order valence-corrected chi connectivity index (χ3v) is 2.93. The van der Waals surface area contributed by atoms with Crippen molar-refractivity contribution in [2.45, 2.75) is 0 Å². The number of benzene rings is 1. The zero-order chi connectivity index (χ0) is 13.3. The Hall–Kier alpha value is -2.33. The third-order valence-electron chi connectivity index (χ3n) is 2.27. The van der Waals surface area contributed by atoms with Crippen molar-refractivity contribution in [1.82, 2.24) is 9.97 Å². The Morgan fingerprint density at radius 1 is 1.28 bits per heavy atom. The normalized spacial score (nSPS) is 10.0. The number of hydrogen-bond acceptors (Lipinski definition) is 6. The molecule has 1 heterocycles. The van der Waals surface area contributed by atoms with E-state index in [2.05, 4.69) is 25.9 Å². The first-order chi connectivity index (χ1) is 8.52. The smallest absolute Gasteiger partial charge is 0.222 e. The average Bonchev–Trinajstić information content (AvgIpc) is 2.28. The van der Waals surface area contributed by atoms with Crippen molar-refractivity contribution in [3.05, 3.63) is 28.2 Å². The van der Waals surface area contributed by atoms with E-state index in [1.807, 2.05) is 6.07 Å². The molecule has 0 aliphatic carbocycles. The van der Waals surface area contributed by atoms with Crippen LogP contribution in [-0.2, 0) is 0 Å². The van der Waals surface area contributed by atoms with Crippen molar-refractivity contribution >= 4 is 27.7 Å². The lowest BCUT2D eigenvalue weighted by atomic mass is 10.1. The lowest BCUT2D eigenvalue weighted by molar-refractivity contribution is 0.475. The molecule has 5 N–H and O–H groups in total. The van der Waals surface area contributed by atoms with Gasteiger partial charge in [0.15, 0.2) is 0 Å². The maximum absolute atomic E-state index is 9.34. The van der Waals surface area contributed by atoms with Gasteiger partial charge in [-0.05, 0) is 34.1 Å². The molecule has 1 aromatic heterocycles. The lowest BCUT2D eigenvalue weighted by Crippen LogP contribution is -2.05. The highest BCUT2D eigenvalue weighted by Gasteiger charge is 2.15. The first-order valence-corrected chi connectivity index (χ1v) is 5.64. The Morgan fingerprint density at radius 2 is 2.00 bits per heavy atom. The van der Waals surface area contributed by atoms with Crippen LogP contribution in [0.1, 0.15) is 5.56 Å². The number of rotatable bonds is 1. The number of nitrogen functional groups attached to an aromatic ring is 2. The standard InChI is InChI=1S/C11H8BrN5O/c12-8-3-5(18)1-2-6(8)9-7(4-13)10(14)17-11(15)16-9/h1-3,18H,(H4,14,15,16,17). The van der Waals surface area contributed by atoms with E-state index in [1.54, 1.807) is 6.07 Å². The van der Waals surface area contributed by atoms with Gasteiger partial charge >= 0.3 is 0 Å². The molecule has 0 unspecified atom stereocenters. The molecule has 2 rings (SSSR count). The van der Waals surface area contributed by atoms with Crippen LogP contribution in [0.5, 0.6) is 5.75 Å². The van der Waals surface area contributed by atoms with Crippen LogP contribution in [0.4, 0.5) is 11.8 Å². The van der Waals surface area contributed by atoms with E-state index in [9.17, 15) is 5.11 Å². The summed E-state index contributed by atoms with van der Waals surface area (Å²) in [5.74, 6) is 0.112. The van der Waals surface area contributed by atoms with Gasteiger partial charge in [-0.1, -0.05) is 0 Å². The van der Waals surface area contributed by atoms with E-state index in [0.717, 1.165) is 0 Å². The number of hydrogen-bond donors (Lipinski definition) is 3. The SMILES string of the molecule is N#Cc1c(N)nc(N)nc1-c1ccc(O)cc1Br. The van der Waals surface area contributed by atoms with E-state index in [0.29, 0.717) is 15.7 Å². The van der Waals surface area contributed by atoms with Gasteiger partial charge in [0.05, 0.1) is 5.69 Å². The minimum Gasteiger partial charge on any atom is -0.508 e. The topological polar surface area (TPSA) is 122 Å². The summed E-state index contributed by atoms with van der Waals surface area (Å²) in [6, 6.07) is 6.53. The molecule has 0 bridgehead atoms. The van der Waals surface area contributed by atoms with Gasteiger partial charge < -0.3 is 16.6 Å². The number of aromatic nitrogens is 2. The Bertz CT molecular complexity index is 665. The van der Waals surface area contributed by atoms with E-state index in [-0.39, 0.29) is 23.1 Å². The minimum absolute atomic E-state index is 0.0125. The van der Waals surface area contributed by atoms with Crippen molar-refractivity contribution in [3.63, 3.8) is 0 Å². The molecular weight excluding hydrogens is 298 g/mol. The molecule has 7 heteroatoms. The number of nitriles is 1. The summed E-state index contributed by atoms with van der Waals surface area (Å²) >= 11 is 3.28. The highest BCUT2D eigenvalue weighted by Crippen LogP contribution is 2.33. The molecule has 1 aromatic carbocycles.